The number of hydrogen-bond donors (Lipinski definition) is 1. The Morgan fingerprint density at radius 2 is 1.78 bits per heavy atom. The maximum absolute atomic E-state index is 14.1. The smallest absolute Gasteiger partial charge is 0.304 e. The fourth-order valence-corrected chi connectivity index (χ4v) is 6.53. The van der Waals surface area contributed by atoms with Crippen molar-refractivity contribution in [1.82, 2.24) is 4.90 Å². The van der Waals surface area contributed by atoms with Crippen molar-refractivity contribution >= 4 is 44.9 Å². The third-order valence-electron chi connectivity index (χ3n) is 7.20. The van der Waals surface area contributed by atoms with Crippen LogP contribution in [0.4, 0.5) is 0 Å². The summed E-state index contributed by atoms with van der Waals surface area (Å²) in [7, 11) is -3.25. The SMILES string of the molecule is CC[C@@H](CCS(=O)(=O)CC)N1C(=O)[C@](C)(CC(=O)O)C[C@H](c2cccc(Cl)c2)[C@H]1c1ccc(Cl)cc1. The molecule has 0 aromatic heterocycles. The van der Waals surface area contributed by atoms with Crippen molar-refractivity contribution in [3.8, 4) is 0 Å². The number of amides is 1. The van der Waals surface area contributed by atoms with Crippen molar-refractivity contribution in [2.24, 2.45) is 5.41 Å². The first-order chi connectivity index (χ1) is 16.9. The van der Waals surface area contributed by atoms with Crippen LogP contribution < -0.4 is 0 Å². The lowest BCUT2D eigenvalue weighted by atomic mass is 9.67. The summed E-state index contributed by atoms with van der Waals surface area (Å²) in [5, 5.41) is 10.8. The minimum atomic E-state index is -3.25. The van der Waals surface area contributed by atoms with E-state index in [1.54, 1.807) is 36.9 Å². The Labute approximate surface area is 223 Å². The van der Waals surface area contributed by atoms with Crippen LogP contribution in [0.3, 0.4) is 0 Å². The molecule has 1 amide bonds. The second-order valence-electron chi connectivity index (χ2n) is 9.79. The lowest BCUT2D eigenvalue weighted by Crippen LogP contribution is -2.56. The molecule has 36 heavy (non-hydrogen) atoms. The zero-order valence-electron chi connectivity index (χ0n) is 20.8. The highest BCUT2D eigenvalue weighted by atomic mass is 35.5. The zero-order valence-corrected chi connectivity index (χ0v) is 23.1. The summed E-state index contributed by atoms with van der Waals surface area (Å²) < 4.78 is 24.7. The van der Waals surface area contributed by atoms with Crippen LogP contribution in [0.15, 0.2) is 48.5 Å². The average molecular weight is 555 g/mol. The van der Waals surface area contributed by atoms with Gasteiger partial charge in [-0.25, -0.2) is 8.42 Å². The number of carbonyl (C=O) groups is 2. The highest BCUT2D eigenvalue weighted by Gasteiger charge is 2.52. The number of carboxylic acids is 1. The summed E-state index contributed by atoms with van der Waals surface area (Å²) in [4.78, 5) is 27.7. The van der Waals surface area contributed by atoms with E-state index in [0.717, 1.165) is 11.1 Å². The molecule has 3 rings (SSSR count). The number of likely N-dealkylation sites (tertiary alicyclic amines) is 1. The van der Waals surface area contributed by atoms with Crippen molar-refractivity contribution in [2.45, 2.75) is 64.5 Å². The topological polar surface area (TPSA) is 91.8 Å². The highest BCUT2D eigenvalue weighted by molar-refractivity contribution is 7.91. The molecule has 0 aliphatic carbocycles. The number of hydrogen-bond acceptors (Lipinski definition) is 4. The van der Waals surface area contributed by atoms with Gasteiger partial charge in [-0.1, -0.05) is 68.2 Å². The van der Waals surface area contributed by atoms with Crippen LogP contribution >= 0.6 is 23.2 Å². The van der Waals surface area contributed by atoms with Crippen molar-refractivity contribution in [1.29, 1.82) is 0 Å². The lowest BCUT2D eigenvalue weighted by molar-refractivity contribution is -0.160. The van der Waals surface area contributed by atoms with E-state index in [1.807, 2.05) is 37.3 Å². The summed E-state index contributed by atoms with van der Waals surface area (Å²) in [5.41, 5.74) is 0.582. The lowest BCUT2D eigenvalue weighted by Gasteiger charge is -2.52. The molecule has 0 saturated carbocycles. The molecule has 0 bridgehead atoms. The predicted molar refractivity (Wildman–Crippen MR) is 143 cm³/mol. The Hall–Kier alpha value is -2.09. The second kappa shape index (κ2) is 11.5. The van der Waals surface area contributed by atoms with E-state index in [9.17, 15) is 23.1 Å². The van der Waals surface area contributed by atoms with Crippen LogP contribution in [0.25, 0.3) is 0 Å². The van der Waals surface area contributed by atoms with Gasteiger partial charge in [0.15, 0.2) is 0 Å². The number of sulfone groups is 1. The minimum absolute atomic E-state index is 0.0276. The normalized spacial score (nSPS) is 23.5. The number of halogens is 2. The van der Waals surface area contributed by atoms with E-state index in [-0.39, 0.29) is 36.2 Å². The first-order valence-electron chi connectivity index (χ1n) is 12.2. The molecular weight excluding hydrogens is 521 g/mol. The Kier molecular flexibility index (Phi) is 9.12. The fourth-order valence-electron chi connectivity index (χ4n) is 5.28. The van der Waals surface area contributed by atoms with Gasteiger partial charge in [0.1, 0.15) is 9.84 Å². The van der Waals surface area contributed by atoms with Gasteiger partial charge in [-0.15, -0.1) is 0 Å². The number of nitrogens with zero attached hydrogens (tertiary/aromatic N) is 1. The number of piperidine rings is 1. The van der Waals surface area contributed by atoms with Crippen LogP contribution in [-0.2, 0) is 19.4 Å². The molecule has 1 aliphatic heterocycles. The number of carbonyl (C=O) groups excluding carboxylic acids is 1. The van der Waals surface area contributed by atoms with Crippen LogP contribution in [-0.4, -0.2) is 47.8 Å². The molecule has 1 fully saturated rings. The van der Waals surface area contributed by atoms with Crippen molar-refractivity contribution < 1.29 is 23.1 Å². The Morgan fingerprint density at radius 3 is 2.33 bits per heavy atom. The molecule has 0 radical (unpaired) electrons. The van der Waals surface area contributed by atoms with Gasteiger partial charge in [0.05, 0.1) is 23.6 Å². The summed E-state index contributed by atoms with van der Waals surface area (Å²) in [6.45, 7) is 5.23. The Morgan fingerprint density at radius 1 is 1.11 bits per heavy atom. The van der Waals surface area contributed by atoms with E-state index in [1.165, 1.54) is 0 Å². The van der Waals surface area contributed by atoms with E-state index in [4.69, 9.17) is 23.2 Å². The van der Waals surface area contributed by atoms with Gasteiger partial charge in [0.2, 0.25) is 5.91 Å². The molecule has 1 saturated heterocycles. The number of carboxylic acid groups (broad SMARTS) is 1. The average Bonchev–Trinajstić information content (AvgIpc) is 2.82. The number of rotatable bonds is 10. The van der Waals surface area contributed by atoms with Crippen molar-refractivity contribution in [2.75, 3.05) is 11.5 Å². The molecule has 0 spiro atoms. The van der Waals surface area contributed by atoms with Gasteiger partial charge >= 0.3 is 5.97 Å². The van der Waals surface area contributed by atoms with Gasteiger partial charge in [-0.2, -0.15) is 0 Å². The van der Waals surface area contributed by atoms with Crippen LogP contribution in [0.2, 0.25) is 10.0 Å². The first kappa shape index (κ1) is 28.5. The minimum Gasteiger partial charge on any atom is -0.481 e. The molecule has 1 heterocycles. The quantitative estimate of drug-likeness (QED) is 0.381. The third kappa shape index (κ3) is 6.42. The molecular formula is C27H33Cl2NO5S. The predicted octanol–water partition coefficient (Wildman–Crippen LogP) is 6.14. The fraction of sp³-hybridized carbons (Fsp3) is 0.481. The molecule has 196 valence electrons. The molecule has 1 N–H and O–H groups in total. The number of aliphatic carboxylic acids is 1. The van der Waals surface area contributed by atoms with Crippen LogP contribution in [0.1, 0.15) is 69.5 Å². The van der Waals surface area contributed by atoms with E-state index >= 15 is 0 Å². The molecule has 2 aromatic carbocycles. The zero-order chi connectivity index (χ0) is 26.7. The number of benzene rings is 2. The Bertz CT molecular complexity index is 1200. The van der Waals surface area contributed by atoms with Gasteiger partial charge in [-0.3, -0.25) is 9.59 Å². The van der Waals surface area contributed by atoms with Crippen LogP contribution in [0.5, 0.6) is 0 Å². The van der Waals surface area contributed by atoms with Gasteiger partial charge in [0.25, 0.3) is 0 Å². The second-order valence-corrected chi connectivity index (χ2v) is 13.1. The summed E-state index contributed by atoms with van der Waals surface area (Å²) in [6, 6.07) is 13.9. The van der Waals surface area contributed by atoms with Crippen molar-refractivity contribution in [3.63, 3.8) is 0 Å². The largest absolute Gasteiger partial charge is 0.481 e. The first-order valence-corrected chi connectivity index (χ1v) is 14.7. The molecule has 9 heteroatoms. The maximum Gasteiger partial charge on any atom is 0.304 e. The van der Waals surface area contributed by atoms with E-state index in [0.29, 0.717) is 22.9 Å². The monoisotopic (exact) mass is 553 g/mol. The molecule has 0 unspecified atom stereocenters. The maximum atomic E-state index is 14.1. The van der Waals surface area contributed by atoms with Gasteiger partial charge < -0.3 is 10.0 Å². The summed E-state index contributed by atoms with van der Waals surface area (Å²) >= 11 is 12.5. The molecule has 2 aromatic rings. The highest BCUT2D eigenvalue weighted by Crippen LogP contribution is 2.52. The standard InChI is InChI=1S/C27H33Cl2NO5S/c1-4-22(13-14-36(34,35)5-2)30-25(18-9-11-20(28)12-10-18)23(19-7-6-8-21(29)15-19)16-27(3,26(30)33)17-24(31)32/h6-12,15,22-23,25H,4-5,13-14,16-17H2,1-3H3,(H,31,32)/t22-,23+,25+,27-/m0/s1. The summed E-state index contributed by atoms with van der Waals surface area (Å²) in [5.74, 6) is -1.61. The van der Waals surface area contributed by atoms with Crippen LogP contribution in [0, 0.1) is 5.41 Å². The van der Waals surface area contributed by atoms with Gasteiger partial charge in [0, 0.05) is 27.8 Å². The third-order valence-corrected chi connectivity index (χ3v) is 9.42. The summed E-state index contributed by atoms with van der Waals surface area (Å²) in [6.07, 6.45) is 0.788. The molecule has 6 nitrogen and oxygen atoms in total. The van der Waals surface area contributed by atoms with E-state index in [2.05, 4.69) is 0 Å². The van der Waals surface area contributed by atoms with E-state index < -0.39 is 33.3 Å². The molecule has 4 atom stereocenters. The molecule has 1 aliphatic rings. The van der Waals surface area contributed by atoms with Gasteiger partial charge in [-0.05, 0) is 54.7 Å². The Balaban J connectivity index is 2.20. The van der Waals surface area contributed by atoms with Crippen molar-refractivity contribution in [3.05, 3.63) is 69.7 Å².